The molecule has 1 fully saturated rings. The standard InChI is InChI=1S/C13H23NO4/c1-13(2,3)18-12(17)14-8-10(7-11(15)16)9-5-4-6-9/h9-10H,4-8H2,1-3H3,(H,14,17)(H,15,16)/t10-/m0/s1. The van der Waals surface area contributed by atoms with Crippen LogP contribution in [-0.2, 0) is 9.53 Å². The maximum absolute atomic E-state index is 11.5. The molecule has 0 heterocycles. The van der Waals surface area contributed by atoms with E-state index in [0.29, 0.717) is 12.5 Å². The van der Waals surface area contributed by atoms with Crippen LogP contribution in [0.4, 0.5) is 4.79 Å². The Kier molecular flexibility index (Phi) is 4.99. The van der Waals surface area contributed by atoms with Gasteiger partial charge in [0.05, 0.1) is 6.42 Å². The Morgan fingerprint density at radius 1 is 1.39 bits per heavy atom. The first-order valence-electron chi connectivity index (χ1n) is 6.46. The van der Waals surface area contributed by atoms with Crippen molar-refractivity contribution in [2.45, 2.75) is 52.1 Å². The second kappa shape index (κ2) is 6.07. The summed E-state index contributed by atoms with van der Waals surface area (Å²) >= 11 is 0. The predicted molar refractivity (Wildman–Crippen MR) is 67.3 cm³/mol. The summed E-state index contributed by atoms with van der Waals surface area (Å²) in [4.78, 5) is 22.3. The largest absolute Gasteiger partial charge is 0.481 e. The van der Waals surface area contributed by atoms with Crippen LogP contribution in [0.1, 0.15) is 46.5 Å². The van der Waals surface area contributed by atoms with Crippen LogP contribution in [0.5, 0.6) is 0 Å². The van der Waals surface area contributed by atoms with Gasteiger partial charge in [-0.3, -0.25) is 4.79 Å². The summed E-state index contributed by atoms with van der Waals surface area (Å²) < 4.78 is 5.13. The maximum atomic E-state index is 11.5. The summed E-state index contributed by atoms with van der Waals surface area (Å²) in [5.74, 6) is -0.363. The van der Waals surface area contributed by atoms with Crippen LogP contribution in [0.2, 0.25) is 0 Å². The van der Waals surface area contributed by atoms with Crippen molar-refractivity contribution in [1.82, 2.24) is 5.32 Å². The van der Waals surface area contributed by atoms with Crippen molar-refractivity contribution in [3.8, 4) is 0 Å². The lowest BCUT2D eigenvalue weighted by Gasteiger charge is -2.33. The highest BCUT2D eigenvalue weighted by Gasteiger charge is 2.29. The fourth-order valence-corrected chi connectivity index (χ4v) is 2.07. The number of carbonyl (C=O) groups is 2. The highest BCUT2D eigenvalue weighted by molar-refractivity contribution is 5.69. The van der Waals surface area contributed by atoms with E-state index in [1.54, 1.807) is 20.8 Å². The van der Waals surface area contributed by atoms with E-state index >= 15 is 0 Å². The highest BCUT2D eigenvalue weighted by Crippen LogP contribution is 2.34. The number of aliphatic carboxylic acids is 1. The minimum absolute atomic E-state index is 0.0174. The van der Waals surface area contributed by atoms with E-state index in [0.717, 1.165) is 19.3 Å². The monoisotopic (exact) mass is 257 g/mol. The molecule has 0 aliphatic heterocycles. The van der Waals surface area contributed by atoms with Gasteiger partial charge in [-0.15, -0.1) is 0 Å². The zero-order chi connectivity index (χ0) is 13.8. The van der Waals surface area contributed by atoms with Gasteiger partial charge >= 0.3 is 12.1 Å². The van der Waals surface area contributed by atoms with Gasteiger partial charge in [-0.1, -0.05) is 19.3 Å². The summed E-state index contributed by atoms with van der Waals surface area (Å²) in [7, 11) is 0. The summed E-state index contributed by atoms with van der Waals surface area (Å²) in [6.45, 7) is 5.78. The fraction of sp³-hybridized carbons (Fsp3) is 0.846. The van der Waals surface area contributed by atoms with Crippen molar-refractivity contribution in [3.63, 3.8) is 0 Å². The van der Waals surface area contributed by atoms with Crippen LogP contribution in [0.25, 0.3) is 0 Å². The minimum atomic E-state index is -0.808. The molecule has 104 valence electrons. The summed E-state index contributed by atoms with van der Waals surface area (Å²) in [6, 6.07) is 0. The Bertz CT molecular complexity index is 305. The number of hydrogen-bond donors (Lipinski definition) is 2. The van der Waals surface area contributed by atoms with Crippen molar-refractivity contribution in [1.29, 1.82) is 0 Å². The Morgan fingerprint density at radius 2 is 2.00 bits per heavy atom. The van der Waals surface area contributed by atoms with Gasteiger partial charge in [-0.2, -0.15) is 0 Å². The van der Waals surface area contributed by atoms with Gasteiger partial charge in [0, 0.05) is 6.54 Å². The molecule has 0 aromatic heterocycles. The van der Waals surface area contributed by atoms with Gasteiger partial charge in [0.25, 0.3) is 0 Å². The molecule has 1 saturated carbocycles. The number of alkyl carbamates (subject to hydrolysis) is 1. The predicted octanol–water partition coefficient (Wildman–Crippen LogP) is 2.40. The molecule has 5 nitrogen and oxygen atoms in total. The van der Waals surface area contributed by atoms with Crippen LogP contribution in [0.15, 0.2) is 0 Å². The van der Waals surface area contributed by atoms with Crippen LogP contribution in [0.3, 0.4) is 0 Å². The summed E-state index contributed by atoms with van der Waals surface area (Å²) in [6.07, 6.45) is 2.92. The maximum Gasteiger partial charge on any atom is 0.407 e. The Balaban J connectivity index is 2.36. The molecule has 0 aromatic rings. The molecule has 0 saturated heterocycles. The molecule has 0 spiro atoms. The number of carboxylic acid groups (broad SMARTS) is 1. The molecule has 0 aromatic carbocycles. The molecule has 2 N–H and O–H groups in total. The lowest BCUT2D eigenvalue weighted by Crippen LogP contribution is -2.39. The van der Waals surface area contributed by atoms with Gasteiger partial charge in [-0.05, 0) is 32.6 Å². The van der Waals surface area contributed by atoms with Gasteiger partial charge < -0.3 is 15.2 Å². The van der Waals surface area contributed by atoms with Crippen molar-refractivity contribution in [3.05, 3.63) is 0 Å². The first-order valence-corrected chi connectivity index (χ1v) is 6.46. The summed E-state index contributed by atoms with van der Waals surface area (Å²) in [5.41, 5.74) is -0.525. The topological polar surface area (TPSA) is 75.6 Å². The molecule has 5 heteroatoms. The van der Waals surface area contributed by atoms with Crippen LogP contribution in [0, 0.1) is 11.8 Å². The smallest absolute Gasteiger partial charge is 0.407 e. The van der Waals surface area contributed by atoms with Crippen LogP contribution < -0.4 is 5.32 Å². The molecule has 0 bridgehead atoms. The van der Waals surface area contributed by atoms with Crippen molar-refractivity contribution >= 4 is 12.1 Å². The highest BCUT2D eigenvalue weighted by atomic mass is 16.6. The zero-order valence-electron chi connectivity index (χ0n) is 11.4. The molecule has 1 rings (SSSR count). The second-order valence-electron chi connectivity index (χ2n) is 5.93. The third-order valence-corrected chi connectivity index (χ3v) is 3.16. The van der Waals surface area contributed by atoms with E-state index in [4.69, 9.17) is 9.84 Å². The molecular weight excluding hydrogens is 234 g/mol. The van der Waals surface area contributed by atoms with E-state index in [1.165, 1.54) is 0 Å². The van der Waals surface area contributed by atoms with E-state index in [1.807, 2.05) is 0 Å². The zero-order valence-corrected chi connectivity index (χ0v) is 11.4. The van der Waals surface area contributed by atoms with Crippen molar-refractivity contribution < 1.29 is 19.4 Å². The van der Waals surface area contributed by atoms with Crippen LogP contribution in [-0.4, -0.2) is 29.3 Å². The Labute approximate surface area is 108 Å². The normalized spacial score (nSPS) is 17.7. The number of nitrogens with one attached hydrogen (secondary N) is 1. The number of rotatable bonds is 5. The third kappa shape index (κ3) is 5.38. The quantitative estimate of drug-likeness (QED) is 0.793. The van der Waals surface area contributed by atoms with Gasteiger partial charge in [0.2, 0.25) is 0 Å². The lowest BCUT2D eigenvalue weighted by atomic mass is 9.74. The molecule has 1 atom stereocenters. The molecule has 1 aliphatic rings. The summed E-state index contributed by atoms with van der Waals surface area (Å²) in [5, 5.41) is 11.5. The minimum Gasteiger partial charge on any atom is -0.481 e. The first-order chi connectivity index (χ1) is 8.28. The molecule has 0 unspecified atom stereocenters. The molecule has 1 aliphatic carbocycles. The van der Waals surface area contributed by atoms with Crippen LogP contribution >= 0.6 is 0 Å². The molecule has 18 heavy (non-hydrogen) atoms. The first kappa shape index (κ1) is 14.8. The number of carboxylic acids is 1. The number of ether oxygens (including phenoxy) is 1. The van der Waals surface area contributed by atoms with E-state index in [2.05, 4.69) is 5.32 Å². The second-order valence-corrected chi connectivity index (χ2v) is 5.93. The van der Waals surface area contributed by atoms with E-state index in [9.17, 15) is 9.59 Å². The molecular formula is C13H23NO4. The van der Waals surface area contributed by atoms with Gasteiger partial charge in [0.15, 0.2) is 0 Å². The lowest BCUT2D eigenvalue weighted by molar-refractivity contribution is -0.138. The van der Waals surface area contributed by atoms with E-state index < -0.39 is 17.7 Å². The SMILES string of the molecule is CC(C)(C)OC(=O)NC[C@H](CC(=O)O)C1CCC1. The van der Waals surface area contributed by atoms with Crippen molar-refractivity contribution in [2.24, 2.45) is 11.8 Å². The Morgan fingerprint density at radius 3 is 2.39 bits per heavy atom. The average Bonchev–Trinajstić information content (AvgIpc) is 2.07. The van der Waals surface area contributed by atoms with Gasteiger partial charge in [0.1, 0.15) is 5.60 Å². The third-order valence-electron chi connectivity index (χ3n) is 3.16. The number of hydrogen-bond acceptors (Lipinski definition) is 3. The van der Waals surface area contributed by atoms with Gasteiger partial charge in [-0.25, -0.2) is 4.79 Å². The molecule has 1 amide bonds. The molecule has 0 radical (unpaired) electrons. The van der Waals surface area contributed by atoms with E-state index in [-0.39, 0.29) is 12.3 Å². The Hall–Kier alpha value is -1.26. The average molecular weight is 257 g/mol. The number of carbonyl (C=O) groups excluding carboxylic acids is 1. The van der Waals surface area contributed by atoms with Crippen molar-refractivity contribution in [2.75, 3.05) is 6.54 Å². The fourth-order valence-electron chi connectivity index (χ4n) is 2.07. The number of amides is 1.